The van der Waals surface area contributed by atoms with E-state index < -0.39 is 10.0 Å². The van der Waals surface area contributed by atoms with Crippen molar-refractivity contribution in [2.24, 2.45) is 5.14 Å². The lowest BCUT2D eigenvalue weighted by atomic mass is 9.97. The summed E-state index contributed by atoms with van der Waals surface area (Å²) in [5, 5.41) is 14.2. The highest BCUT2D eigenvalue weighted by atomic mass is 32.2. The molecule has 3 rings (SSSR count). The first kappa shape index (κ1) is 16.3. The second-order valence-corrected chi connectivity index (χ2v) is 8.78. The molecule has 0 bridgehead atoms. The fourth-order valence-electron chi connectivity index (χ4n) is 2.83. The van der Waals surface area contributed by atoms with E-state index in [4.69, 9.17) is 5.14 Å². The third-order valence-corrected chi connectivity index (χ3v) is 6.43. The predicted molar refractivity (Wildman–Crippen MR) is 88.1 cm³/mol. The maximum Gasteiger partial charge on any atom is 0.249 e. The minimum Gasteiger partial charge on any atom is -0.347 e. The number of piperidine rings is 1. The number of aromatic nitrogens is 4. The van der Waals surface area contributed by atoms with Crippen molar-refractivity contribution in [3.8, 4) is 0 Å². The van der Waals surface area contributed by atoms with Gasteiger partial charge < -0.3 is 9.47 Å². The number of primary sulfonamides is 1. The largest absolute Gasteiger partial charge is 0.347 e. The average molecular weight is 356 g/mol. The van der Waals surface area contributed by atoms with Crippen molar-refractivity contribution in [1.29, 1.82) is 0 Å². The van der Waals surface area contributed by atoms with Crippen molar-refractivity contribution in [1.82, 2.24) is 19.7 Å². The van der Waals surface area contributed by atoms with Gasteiger partial charge in [0.25, 0.3) is 0 Å². The summed E-state index contributed by atoms with van der Waals surface area (Å²) < 4.78 is 25.0. The number of nitrogens with two attached hydrogens (primary N) is 1. The maximum atomic E-state index is 11.4. The van der Waals surface area contributed by atoms with Crippen LogP contribution in [0.2, 0.25) is 0 Å². The number of anilines is 1. The van der Waals surface area contributed by atoms with Crippen molar-refractivity contribution in [3.63, 3.8) is 0 Å². The van der Waals surface area contributed by atoms with Gasteiger partial charge in [0, 0.05) is 25.0 Å². The van der Waals surface area contributed by atoms with E-state index in [1.54, 1.807) is 6.33 Å². The third-order valence-electron chi connectivity index (χ3n) is 3.97. The Labute approximate surface area is 139 Å². The molecule has 0 aliphatic carbocycles. The standard InChI is InChI=1S/C13H20N6O2S2/c1-9(2)19-8-16-17-12(19)10-4-3-5-18(7-10)13-15-6-11(22-13)23(14,20)21/h6,8-10H,3-5,7H2,1-2H3,(H2,14,20,21). The summed E-state index contributed by atoms with van der Waals surface area (Å²) in [4.78, 5) is 6.33. The van der Waals surface area contributed by atoms with Crippen molar-refractivity contribution in [2.75, 3.05) is 18.0 Å². The van der Waals surface area contributed by atoms with E-state index in [2.05, 4.69) is 38.5 Å². The summed E-state index contributed by atoms with van der Waals surface area (Å²) in [5.41, 5.74) is 0. The van der Waals surface area contributed by atoms with Gasteiger partial charge in [0.1, 0.15) is 12.2 Å². The molecular formula is C13H20N6O2S2. The van der Waals surface area contributed by atoms with Gasteiger partial charge in [-0.1, -0.05) is 11.3 Å². The summed E-state index contributed by atoms with van der Waals surface area (Å²) in [6.07, 6.45) is 5.13. The molecule has 1 unspecified atom stereocenters. The van der Waals surface area contributed by atoms with E-state index in [-0.39, 0.29) is 10.1 Å². The van der Waals surface area contributed by atoms with Crippen LogP contribution in [0.1, 0.15) is 44.5 Å². The molecule has 8 nitrogen and oxygen atoms in total. The summed E-state index contributed by atoms with van der Waals surface area (Å²) in [7, 11) is -3.69. The lowest BCUT2D eigenvalue weighted by molar-refractivity contribution is 0.454. The molecule has 23 heavy (non-hydrogen) atoms. The van der Waals surface area contributed by atoms with Crippen molar-refractivity contribution in [3.05, 3.63) is 18.3 Å². The number of sulfonamides is 1. The Morgan fingerprint density at radius 2 is 2.22 bits per heavy atom. The average Bonchev–Trinajstić information content (AvgIpc) is 3.16. The van der Waals surface area contributed by atoms with Crippen LogP contribution < -0.4 is 10.0 Å². The molecule has 2 aromatic heterocycles. The molecule has 1 aliphatic heterocycles. The summed E-state index contributed by atoms with van der Waals surface area (Å²) in [5.74, 6) is 1.24. The number of thiazole rings is 1. The Kier molecular flexibility index (Phi) is 4.39. The second kappa shape index (κ2) is 6.17. The van der Waals surface area contributed by atoms with Crippen LogP contribution in [-0.2, 0) is 10.0 Å². The first-order valence-corrected chi connectivity index (χ1v) is 9.85. The minimum absolute atomic E-state index is 0.0972. The smallest absolute Gasteiger partial charge is 0.249 e. The van der Waals surface area contributed by atoms with E-state index in [9.17, 15) is 8.42 Å². The van der Waals surface area contributed by atoms with Crippen LogP contribution in [0.25, 0.3) is 0 Å². The zero-order valence-corrected chi connectivity index (χ0v) is 14.7. The molecule has 0 saturated carbocycles. The van der Waals surface area contributed by atoms with Gasteiger partial charge in [-0.15, -0.1) is 10.2 Å². The third kappa shape index (κ3) is 3.38. The Bertz CT molecular complexity index is 782. The van der Waals surface area contributed by atoms with E-state index in [1.807, 2.05) is 0 Å². The Balaban J connectivity index is 1.81. The van der Waals surface area contributed by atoms with Gasteiger partial charge in [-0.3, -0.25) is 0 Å². The number of rotatable bonds is 4. The van der Waals surface area contributed by atoms with Crippen molar-refractivity contribution < 1.29 is 8.42 Å². The van der Waals surface area contributed by atoms with Gasteiger partial charge in [0.05, 0.1) is 6.20 Å². The maximum absolute atomic E-state index is 11.4. The van der Waals surface area contributed by atoms with Gasteiger partial charge in [-0.05, 0) is 26.7 Å². The van der Waals surface area contributed by atoms with Gasteiger partial charge >= 0.3 is 0 Å². The molecule has 0 spiro atoms. The van der Waals surface area contributed by atoms with E-state index >= 15 is 0 Å². The zero-order valence-electron chi connectivity index (χ0n) is 13.1. The predicted octanol–water partition coefficient (Wildman–Crippen LogP) is 1.35. The highest BCUT2D eigenvalue weighted by molar-refractivity contribution is 7.91. The van der Waals surface area contributed by atoms with Crippen LogP contribution in [-0.4, -0.2) is 41.3 Å². The molecule has 1 saturated heterocycles. The molecule has 0 aromatic carbocycles. The molecule has 10 heteroatoms. The van der Waals surface area contributed by atoms with Gasteiger partial charge in [0.2, 0.25) is 10.0 Å². The molecule has 2 aromatic rings. The van der Waals surface area contributed by atoms with Gasteiger partial charge in [-0.2, -0.15) is 0 Å². The highest BCUT2D eigenvalue weighted by Crippen LogP contribution is 2.32. The fourth-order valence-corrected chi connectivity index (χ4v) is 4.41. The molecule has 126 valence electrons. The Morgan fingerprint density at radius 1 is 1.43 bits per heavy atom. The fraction of sp³-hybridized carbons (Fsp3) is 0.615. The topological polar surface area (TPSA) is 107 Å². The number of nitrogens with zero attached hydrogens (tertiary/aromatic N) is 5. The van der Waals surface area contributed by atoms with Gasteiger partial charge in [0.15, 0.2) is 9.34 Å². The lowest BCUT2D eigenvalue weighted by Crippen LogP contribution is -2.35. The number of hydrogen-bond acceptors (Lipinski definition) is 7. The van der Waals surface area contributed by atoms with E-state index in [0.717, 1.165) is 43.1 Å². The van der Waals surface area contributed by atoms with E-state index in [0.29, 0.717) is 11.2 Å². The first-order valence-electron chi connectivity index (χ1n) is 7.49. The van der Waals surface area contributed by atoms with Crippen molar-refractivity contribution in [2.45, 2.75) is 42.9 Å². The molecule has 1 atom stereocenters. The molecule has 0 amide bonds. The molecule has 1 aliphatic rings. The van der Waals surface area contributed by atoms with Crippen molar-refractivity contribution >= 4 is 26.5 Å². The Morgan fingerprint density at radius 3 is 2.87 bits per heavy atom. The Hall–Kier alpha value is -1.52. The van der Waals surface area contributed by atoms with Crippen LogP contribution in [0.4, 0.5) is 5.13 Å². The van der Waals surface area contributed by atoms with E-state index in [1.165, 1.54) is 6.20 Å². The molecule has 1 fully saturated rings. The molecule has 2 N–H and O–H groups in total. The molecular weight excluding hydrogens is 336 g/mol. The number of hydrogen-bond donors (Lipinski definition) is 1. The van der Waals surface area contributed by atoms with Crippen LogP contribution in [0.5, 0.6) is 0 Å². The zero-order chi connectivity index (χ0) is 16.6. The van der Waals surface area contributed by atoms with Crippen LogP contribution >= 0.6 is 11.3 Å². The summed E-state index contributed by atoms with van der Waals surface area (Å²) in [6, 6.07) is 0.309. The quantitative estimate of drug-likeness (QED) is 0.886. The molecule has 3 heterocycles. The minimum atomic E-state index is -3.69. The second-order valence-electron chi connectivity index (χ2n) is 5.98. The lowest BCUT2D eigenvalue weighted by Gasteiger charge is -2.32. The normalized spacial score (nSPS) is 19.5. The van der Waals surface area contributed by atoms with Crippen LogP contribution in [0.3, 0.4) is 0 Å². The van der Waals surface area contributed by atoms with Crippen LogP contribution in [0.15, 0.2) is 16.7 Å². The molecule has 0 radical (unpaired) electrons. The first-order chi connectivity index (χ1) is 10.9. The monoisotopic (exact) mass is 356 g/mol. The van der Waals surface area contributed by atoms with Crippen LogP contribution in [0, 0.1) is 0 Å². The SMILES string of the molecule is CC(C)n1cnnc1C1CCCN(c2ncc(S(N)(=O)=O)s2)C1. The highest BCUT2D eigenvalue weighted by Gasteiger charge is 2.28. The van der Waals surface area contributed by atoms with Gasteiger partial charge in [-0.25, -0.2) is 18.5 Å². The summed E-state index contributed by atoms with van der Waals surface area (Å²) >= 11 is 1.12. The summed E-state index contributed by atoms with van der Waals surface area (Å²) in [6.45, 7) is 5.81.